The molecular formula is C23H29N5O3. The van der Waals surface area contributed by atoms with Crippen LogP contribution in [0, 0.1) is 6.92 Å². The highest BCUT2D eigenvalue weighted by molar-refractivity contribution is 5.89. The van der Waals surface area contributed by atoms with E-state index in [1.807, 2.05) is 64.2 Å². The van der Waals surface area contributed by atoms with E-state index in [-0.39, 0.29) is 17.6 Å². The number of hydrogen-bond acceptors (Lipinski definition) is 5. The molecule has 0 aliphatic heterocycles. The molecule has 3 aromatic heterocycles. The standard InChI is InChI=1S/C23H29N5O3/c1-15(2)28-14-17(7-11-21(28)29)18-8-10-20(26-23(30)24-12-13-27(4)5)25-22(18)19-9-6-16(3)31-19/h6-11,14-15H,12-13H2,1-5H3,(H2,24,25,26,30). The van der Waals surface area contributed by atoms with Crippen molar-refractivity contribution in [3.63, 3.8) is 0 Å². The lowest BCUT2D eigenvalue weighted by molar-refractivity contribution is 0.250. The number of anilines is 1. The normalized spacial score (nSPS) is 11.2. The zero-order valence-electron chi connectivity index (χ0n) is 18.6. The van der Waals surface area contributed by atoms with Gasteiger partial charge in [-0.1, -0.05) is 0 Å². The van der Waals surface area contributed by atoms with Crippen molar-refractivity contribution >= 4 is 11.8 Å². The number of carbonyl (C=O) groups excluding carboxylic acids is 1. The van der Waals surface area contributed by atoms with Crippen LogP contribution in [0.4, 0.5) is 10.6 Å². The fourth-order valence-corrected chi connectivity index (χ4v) is 3.13. The van der Waals surface area contributed by atoms with E-state index in [0.717, 1.165) is 23.4 Å². The predicted octanol–water partition coefficient (Wildman–Crippen LogP) is 3.74. The molecule has 2 N–H and O–H groups in total. The van der Waals surface area contributed by atoms with Gasteiger partial charge in [-0.2, -0.15) is 0 Å². The summed E-state index contributed by atoms with van der Waals surface area (Å²) in [7, 11) is 3.89. The Bertz CT molecular complexity index is 1110. The van der Waals surface area contributed by atoms with Crippen LogP contribution >= 0.6 is 0 Å². The third kappa shape index (κ3) is 5.61. The monoisotopic (exact) mass is 423 g/mol. The Kier molecular flexibility index (Phi) is 6.91. The molecule has 0 spiro atoms. The molecule has 0 aromatic carbocycles. The van der Waals surface area contributed by atoms with Crippen molar-refractivity contribution in [1.29, 1.82) is 0 Å². The van der Waals surface area contributed by atoms with E-state index in [1.54, 1.807) is 22.8 Å². The van der Waals surface area contributed by atoms with E-state index in [9.17, 15) is 9.59 Å². The van der Waals surface area contributed by atoms with Crippen LogP contribution in [0.5, 0.6) is 0 Å². The van der Waals surface area contributed by atoms with E-state index in [4.69, 9.17) is 4.42 Å². The van der Waals surface area contributed by atoms with E-state index in [0.29, 0.717) is 23.8 Å². The van der Waals surface area contributed by atoms with Crippen LogP contribution in [0.15, 0.2) is 51.8 Å². The van der Waals surface area contributed by atoms with Crippen molar-refractivity contribution in [2.45, 2.75) is 26.8 Å². The van der Waals surface area contributed by atoms with Crippen molar-refractivity contribution in [2.24, 2.45) is 0 Å². The van der Waals surface area contributed by atoms with Crippen molar-refractivity contribution in [1.82, 2.24) is 19.8 Å². The zero-order chi connectivity index (χ0) is 22.5. The number of likely N-dealkylation sites (N-methyl/N-ethyl adjacent to an activating group) is 1. The number of nitrogens with one attached hydrogen (secondary N) is 2. The molecule has 0 unspecified atom stereocenters. The van der Waals surface area contributed by atoms with Gasteiger partial charge in [-0.3, -0.25) is 10.1 Å². The predicted molar refractivity (Wildman–Crippen MR) is 122 cm³/mol. The first-order chi connectivity index (χ1) is 14.7. The molecule has 0 aliphatic carbocycles. The minimum atomic E-state index is -0.322. The smallest absolute Gasteiger partial charge is 0.320 e. The quantitative estimate of drug-likeness (QED) is 0.604. The highest BCUT2D eigenvalue weighted by Crippen LogP contribution is 2.32. The molecular weight excluding hydrogens is 394 g/mol. The summed E-state index contributed by atoms with van der Waals surface area (Å²) in [6.07, 6.45) is 1.82. The minimum Gasteiger partial charge on any atom is -0.460 e. The van der Waals surface area contributed by atoms with Gasteiger partial charge in [0.2, 0.25) is 0 Å². The van der Waals surface area contributed by atoms with Crippen LogP contribution < -0.4 is 16.2 Å². The molecule has 3 heterocycles. The summed E-state index contributed by atoms with van der Waals surface area (Å²) in [4.78, 5) is 31.0. The first kappa shape index (κ1) is 22.3. The number of aryl methyl sites for hydroxylation is 1. The SMILES string of the molecule is Cc1ccc(-c2nc(NC(=O)NCCN(C)C)ccc2-c2ccc(=O)n(C(C)C)c2)o1. The Morgan fingerprint density at radius 3 is 2.58 bits per heavy atom. The summed E-state index contributed by atoms with van der Waals surface area (Å²) in [5.74, 6) is 1.76. The maximum Gasteiger partial charge on any atom is 0.320 e. The summed E-state index contributed by atoms with van der Waals surface area (Å²) in [5.41, 5.74) is 2.18. The topological polar surface area (TPSA) is 92.4 Å². The lowest BCUT2D eigenvalue weighted by atomic mass is 10.0. The van der Waals surface area contributed by atoms with Gasteiger partial charge in [0.1, 0.15) is 17.3 Å². The summed E-state index contributed by atoms with van der Waals surface area (Å²) in [6, 6.07) is 10.4. The highest BCUT2D eigenvalue weighted by Gasteiger charge is 2.16. The average molecular weight is 424 g/mol. The zero-order valence-corrected chi connectivity index (χ0v) is 18.6. The lowest BCUT2D eigenvalue weighted by Crippen LogP contribution is -2.34. The van der Waals surface area contributed by atoms with Gasteiger partial charge < -0.3 is 19.2 Å². The molecule has 3 rings (SSSR count). The molecule has 0 radical (unpaired) electrons. The fourth-order valence-electron chi connectivity index (χ4n) is 3.13. The van der Waals surface area contributed by atoms with Crippen LogP contribution in [-0.2, 0) is 0 Å². The van der Waals surface area contributed by atoms with E-state index in [1.165, 1.54) is 0 Å². The second-order valence-corrected chi connectivity index (χ2v) is 7.94. The van der Waals surface area contributed by atoms with Gasteiger partial charge in [0.15, 0.2) is 5.76 Å². The number of aromatic nitrogens is 2. The first-order valence-corrected chi connectivity index (χ1v) is 10.2. The lowest BCUT2D eigenvalue weighted by Gasteiger charge is -2.15. The second-order valence-electron chi connectivity index (χ2n) is 7.94. The molecule has 3 aromatic rings. The number of nitrogens with zero attached hydrogens (tertiary/aromatic N) is 3. The van der Waals surface area contributed by atoms with Gasteiger partial charge in [0.25, 0.3) is 5.56 Å². The molecule has 31 heavy (non-hydrogen) atoms. The molecule has 0 atom stereocenters. The number of carbonyl (C=O) groups is 1. The Hall–Kier alpha value is -3.39. The Balaban J connectivity index is 1.96. The van der Waals surface area contributed by atoms with Crippen LogP contribution in [0.1, 0.15) is 25.6 Å². The summed E-state index contributed by atoms with van der Waals surface area (Å²) in [5, 5.41) is 5.58. The second kappa shape index (κ2) is 9.61. The molecule has 8 nitrogen and oxygen atoms in total. The molecule has 8 heteroatoms. The van der Waals surface area contributed by atoms with Gasteiger partial charge in [0, 0.05) is 42.5 Å². The summed E-state index contributed by atoms with van der Waals surface area (Å²) in [6.45, 7) is 7.05. The number of amides is 2. The highest BCUT2D eigenvalue weighted by atomic mass is 16.3. The summed E-state index contributed by atoms with van der Waals surface area (Å²) < 4.78 is 7.50. The Morgan fingerprint density at radius 2 is 1.94 bits per heavy atom. The number of rotatable bonds is 7. The number of pyridine rings is 2. The van der Waals surface area contributed by atoms with Gasteiger partial charge in [-0.15, -0.1) is 0 Å². The van der Waals surface area contributed by atoms with Gasteiger partial charge >= 0.3 is 6.03 Å². The van der Waals surface area contributed by atoms with E-state index >= 15 is 0 Å². The van der Waals surface area contributed by atoms with E-state index < -0.39 is 0 Å². The number of hydrogen-bond donors (Lipinski definition) is 2. The van der Waals surface area contributed by atoms with Crippen molar-refractivity contribution in [2.75, 3.05) is 32.5 Å². The number of urea groups is 1. The molecule has 0 fully saturated rings. The Morgan fingerprint density at radius 1 is 1.16 bits per heavy atom. The Labute approximate surface area is 181 Å². The molecule has 0 aliphatic rings. The average Bonchev–Trinajstić information content (AvgIpc) is 3.14. The van der Waals surface area contributed by atoms with Gasteiger partial charge in [-0.05, 0) is 65.2 Å². The number of furan rings is 1. The van der Waals surface area contributed by atoms with Gasteiger partial charge in [0.05, 0.1) is 0 Å². The third-order valence-electron chi connectivity index (χ3n) is 4.76. The minimum absolute atomic E-state index is 0.0292. The maximum atomic E-state index is 12.2. The van der Waals surface area contributed by atoms with E-state index in [2.05, 4.69) is 15.6 Å². The van der Waals surface area contributed by atoms with Gasteiger partial charge in [-0.25, -0.2) is 9.78 Å². The van der Waals surface area contributed by atoms with Crippen LogP contribution in [0.2, 0.25) is 0 Å². The van der Waals surface area contributed by atoms with Crippen LogP contribution in [-0.4, -0.2) is 47.7 Å². The third-order valence-corrected chi connectivity index (χ3v) is 4.76. The summed E-state index contributed by atoms with van der Waals surface area (Å²) >= 11 is 0. The molecule has 0 bridgehead atoms. The first-order valence-electron chi connectivity index (χ1n) is 10.2. The fraction of sp³-hybridized carbons (Fsp3) is 0.348. The molecule has 2 amide bonds. The molecule has 0 saturated heterocycles. The molecule has 0 saturated carbocycles. The largest absolute Gasteiger partial charge is 0.460 e. The molecule has 164 valence electrons. The maximum absolute atomic E-state index is 12.2. The van der Waals surface area contributed by atoms with Crippen molar-refractivity contribution in [3.8, 4) is 22.6 Å². The van der Waals surface area contributed by atoms with Crippen LogP contribution in [0.25, 0.3) is 22.6 Å². The van der Waals surface area contributed by atoms with Crippen LogP contribution in [0.3, 0.4) is 0 Å². The van der Waals surface area contributed by atoms with Crippen molar-refractivity contribution in [3.05, 3.63) is 58.7 Å². The van der Waals surface area contributed by atoms with Crippen molar-refractivity contribution < 1.29 is 9.21 Å².